The lowest BCUT2D eigenvalue weighted by Gasteiger charge is -2.32. The van der Waals surface area contributed by atoms with Crippen LogP contribution >= 0.6 is 0 Å². The van der Waals surface area contributed by atoms with E-state index >= 15 is 0 Å². The van der Waals surface area contributed by atoms with Gasteiger partial charge in [0, 0.05) is 19.5 Å². The molecule has 1 amide bonds. The average molecular weight is 289 g/mol. The topological polar surface area (TPSA) is 29.5 Å². The molecule has 116 valence electrons. The van der Waals surface area contributed by atoms with Gasteiger partial charge in [0.1, 0.15) is 0 Å². The van der Waals surface area contributed by atoms with E-state index in [2.05, 4.69) is 26.0 Å². The van der Waals surface area contributed by atoms with Gasteiger partial charge in [-0.05, 0) is 24.3 Å². The maximum Gasteiger partial charge on any atom is 0.222 e. The molecule has 0 unspecified atom stereocenters. The minimum atomic E-state index is 0.290. The van der Waals surface area contributed by atoms with Gasteiger partial charge in [0.05, 0.1) is 12.7 Å². The first-order valence-electron chi connectivity index (χ1n) is 8.12. The number of hydrogen-bond donors (Lipinski definition) is 0. The highest BCUT2D eigenvalue weighted by Gasteiger charge is 2.23. The fourth-order valence-electron chi connectivity index (χ4n) is 2.63. The van der Waals surface area contributed by atoms with Gasteiger partial charge in [-0.2, -0.15) is 0 Å². The lowest BCUT2D eigenvalue weighted by molar-refractivity contribution is -0.134. The van der Waals surface area contributed by atoms with Crippen LogP contribution in [0.5, 0.6) is 0 Å². The number of carbonyl (C=O) groups is 1. The van der Waals surface area contributed by atoms with E-state index in [1.54, 1.807) is 0 Å². The Kier molecular flexibility index (Phi) is 6.24. The molecule has 0 bridgehead atoms. The van der Waals surface area contributed by atoms with E-state index in [-0.39, 0.29) is 6.10 Å². The summed E-state index contributed by atoms with van der Waals surface area (Å²) in [6.45, 7) is 6.64. The van der Waals surface area contributed by atoms with Crippen LogP contribution in [0.25, 0.3) is 0 Å². The Morgan fingerprint density at radius 2 is 1.95 bits per heavy atom. The minimum absolute atomic E-state index is 0.290. The number of ether oxygens (including phenoxy) is 1. The fraction of sp³-hybridized carbons (Fsp3) is 0.611. The molecule has 0 saturated carbocycles. The molecule has 21 heavy (non-hydrogen) atoms. The summed E-state index contributed by atoms with van der Waals surface area (Å²) in [5, 5.41) is 0. The van der Waals surface area contributed by atoms with Crippen LogP contribution in [0, 0.1) is 5.92 Å². The summed E-state index contributed by atoms with van der Waals surface area (Å²) in [6, 6.07) is 10.3. The highest BCUT2D eigenvalue weighted by molar-refractivity contribution is 5.76. The van der Waals surface area contributed by atoms with Crippen LogP contribution in [0.1, 0.15) is 45.1 Å². The van der Waals surface area contributed by atoms with Crippen molar-refractivity contribution < 1.29 is 9.53 Å². The fourth-order valence-corrected chi connectivity index (χ4v) is 2.63. The van der Waals surface area contributed by atoms with Gasteiger partial charge in [0.25, 0.3) is 0 Å². The molecule has 3 nitrogen and oxygen atoms in total. The first kappa shape index (κ1) is 16.0. The molecule has 1 aromatic rings. The third-order valence-corrected chi connectivity index (χ3v) is 4.34. The first-order chi connectivity index (χ1) is 10.2. The van der Waals surface area contributed by atoms with Gasteiger partial charge in [0.2, 0.25) is 5.91 Å². The Morgan fingerprint density at radius 3 is 2.57 bits per heavy atom. The zero-order valence-corrected chi connectivity index (χ0v) is 13.3. The minimum Gasteiger partial charge on any atom is -0.373 e. The van der Waals surface area contributed by atoms with Crippen LogP contribution in [0.2, 0.25) is 0 Å². The molecule has 1 saturated heterocycles. The predicted octanol–water partition coefficient (Wildman–Crippen LogP) is 3.63. The molecule has 1 atom stereocenters. The number of amides is 1. The summed E-state index contributed by atoms with van der Waals surface area (Å²) in [5.74, 6) is 0.801. The Bertz CT molecular complexity index is 424. The predicted molar refractivity (Wildman–Crippen MR) is 84.9 cm³/mol. The molecule has 3 heteroatoms. The summed E-state index contributed by atoms with van der Waals surface area (Å²) in [6.07, 6.45) is 3.96. The molecular weight excluding hydrogens is 262 g/mol. The zero-order valence-electron chi connectivity index (χ0n) is 13.3. The van der Waals surface area contributed by atoms with Gasteiger partial charge in [-0.15, -0.1) is 0 Å². The highest BCUT2D eigenvalue weighted by Crippen LogP contribution is 2.18. The molecule has 1 aliphatic heterocycles. The van der Waals surface area contributed by atoms with Crippen LogP contribution in [-0.2, 0) is 16.1 Å². The van der Waals surface area contributed by atoms with Gasteiger partial charge in [-0.1, -0.05) is 50.6 Å². The van der Waals surface area contributed by atoms with Crippen molar-refractivity contribution in [3.8, 4) is 0 Å². The number of likely N-dealkylation sites (tertiary alicyclic amines) is 1. The summed E-state index contributed by atoms with van der Waals surface area (Å²) < 4.78 is 5.96. The summed E-state index contributed by atoms with van der Waals surface area (Å²) >= 11 is 0. The van der Waals surface area contributed by atoms with Gasteiger partial charge in [0.15, 0.2) is 0 Å². The summed E-state index contributed by atoms with van der Waals surface area (Å²) in [7, 11) is 0. The van der Waals surface area contributed by atoms with Crippen molar-refractivity contribution in [2.24, 2.45) is 5.92 Å². The van der Waals surface area contributed by atoms with Gasteiger partial charge < -0.3 is 9.64 Å². The third-order valence-electron chi connectivity index (χ3n) is 4.34. The van der Waals surface area contributed by atoms with Crippen LogP contribution in [0.15, 0.2) is 30.3 Å². The monoisotopic (exact) mass is 289 g/mol. The second-order valence-electron chi connectivity index (χ2n) is 6.09. The lowest BCUT2D eigenvalue weighted by Crippen LogP contribution is -2.41. The second kappa shape index (κ2) is 8.18. The number of benzene rings is 1. The molecular formula is C18H27NO2. The van der Waals surface area contributed by atoms with Crippen molar-refractivity contribution >= 4 is 5.91 Å². The van der Waals surface area contributed by atoms with E-state index in [4.69, 9.17) is 4.74 Å². The zero-order chi connectivity index (χ0) is 15.1. The molecule has 1 aromatic carbocycles. The number of rotatable bonds is 6. The number of hydrogen-bond acceptors (Lipinski definition) is 2. The largest absolute Gasteiger partial charge is 0.373 e. The maximum absolute atomic E-state index is 12.1. The quantitative estimate of drug-likeness (QED) is 0.800. The Labute approximate surface area is 128 Å². The van der Waals surface area contributed by atoms with Crippen LogP contribution in [0.3, 0.4) is 0 Å². The van der Waals surface area contributed by atoms with E-state index in [0.29, 0.717) is 24.9 Å². The van der Waals surface area contributed by atoms with Crippen LogP contribution in [0.4, 0.5) is 0 Å². The SMILES string of the molecule is CC[C@H](C)CC(=O)N1CCC(OCc2ccccc2)CC1. The summed E-state index contributed by atoms with van der Waals surface area (Å²) in [5.41, 5.74) is 1.22. The van der Waals surface area contributed by atoms with Crippen molar-refractivity contribution in [1.29, 1.82) is 0 Å². The Balaban J connectivity index is 1.69. The van der Waals surface area contributed by atoms with Gasteiger partial charge >= 0.3 is 0 Å². The number of carbonyl (C=O) groups excluding carboxylic acids is 1. The standard InChI is InChI=1S/C18H27NO2/c1-3-15(2)13-18(20)19-11-9-17(10-12-19)21-14-16-7-5-4-6-8-16/h4-8,15,17H,3,9-14H2,1-2H3/t15-/m0/s1. The molecule has 1 aliphatic rings. The van der Waals surface area contributed by atoms with Gasteiger partial charge in [-0.3, -0.25) is 4.79 Å². The Hall–Kier alpha value is -1.35. The lowest BCUT2D eigenvalue weighted by atomic mass is 10.0. The maximum atomic E-state index is 12.1. The molecule has 2 rings (SSSR count). The van der Waals surface area contributed by atoms with Crippen molar-refractivity contribution in [3.05, 3.63) is 35.9 Å². The van der Waals surface area contributed by atoms with E-state index in [1.165, 1.54) is 5.56 Å². The average Bonchev–Trinajstić information content (AvgIpc) is 2.54. The smallest absolute Gasteiger partial charge is 0.222 e. The molecule has 0 aliphatic carbocycles. The molecule has 0 spiro atoms. The number of piperidine rings is 1. The van der Waals surface area contributed by atoms with Gasteiger partial charge in [-0.25, -0.2) is 0 Å². The van der Waals surface area contributed by atoms with Crippen molar-refractivity contribution in [2.75, 3.05) is 13.1 Å². The van der Waals surface area contributed by atoms with Crippen molar-refractivity contribution in [2.45, 2.75) is 52.2 Å². The van der Waals surface area contributed by atoms with E-state index in [0.717, 1.165) is 32.4 Å². The Morgan fingerprint density at radius 1 is 1.29 bits per heavy atom. The van der Waals surface area contributed by atoms with Crippen molar-refractivity contribution in [3.63, 3.8) is 0 Å². The highest BCUT2D eigenvalue weighted by atomic mass is 16.5. The van der Waals surface area contributed by atoms with E-state index in [1.807, 2.05) is 23.1 Å². The molecule has 0 aromatic heterocycles. The van der Waals surface area contributed by atoms with E-state index < -0.39 is 0 Å². The molecule has 1 fully saturated rings. The molecule has 0 radical (unpaired) electrons. The normalized spacial score (nSPS) is 17.7. The molecule has 0 N–H and O–H groups in total. The second-order valence-corrected chi connectivity index (χ2v) is 6.09. The first-order valence-corrected chi connectivity index (χ1v) is 8.12. The van der Waals surface area contributed by atoms with Crippen LogP contribution in [-0.4, -0.2) is 30.0 Å². The van der Waals surface area contributed by atoms with Crippen LogP contribution < -0.4 is 0 Å². The molecule has 1 heterocycles. The summed E-state index contributed by atoms with van der Waals surface area (Å²) in [4.78, 5) is 14.1. The van der Waals surface area contributed by atoms with E-state index in [9.17, 15) is 4.79 Å². The number of nitrogens with zero attached hydrogens (tertiary/aromatic N) is 1. The third kappa shape index (κ3) is 5.16. The van der Waals surface area contributed by atoms with Crippen molar-refractivity contribution in [1.82, 2.24) is 4.90 Å².